The topological polar surface area (TPSA) is 54.4 Å². The predicted molar refractivity (Wildman–Crippen MR) is 94.3 cm³/mol. The molecule has 110 valence electrons. The molecule has 3 nitrogen and oxygen atoms in total. The van der Waals surface area contributed by atoms with Crippen LogP contribution in [-0.2, 0) is 10.1 Å². The number of benzene rings is 2. The van der Waals surface area contributed by atoms with Gasteiger partial charge in [-0.1, -0.05) is 76.2 Å². The molecule has 1 N–H and O–H groups in total. The van der Waals surface area contributed by atoms with Gasteiger partial charge < -0.3 is 0 Å². The van der Waals surface area contributed by atoms with E-state index in [9.17, 15) is 8.42 Å². The van der Waals surface area contributed by atoms with Crippen LogP contribution < -0.4 is 10.6 Å². The molecule has 2 aromatic rings. The van der Waals surface area contributed by atoms with E-state index in [1.54, 1.807) is 6.92 Å². The molecule has 0 amide bonds. The van der Waals surface area contributed by atoms with Gasteiger partial charge in [0.15, 0.2) is 0 Å². The molecule has 0 radical (unpaired) electrons. The Kier molecular flexibility index (Phi) is 11.2. The Labute approximate surface area is 151 Å². The van der Waals surface area contributed by atoms with Gasteiger partial charge in [-0.2, -0.15) is 8.42 Å². The van der Waals surface area contributed by atoms with E-state index >= 15 is 0 Å². The largest absolute Gasteiger partial charge is 0.0622 e. The minimum Gasteiger partial charge on any atom is -0.0622 e. The fraction of sp³-hybridized carbons (Fsp3) is 0.200. The Balaban J connectivity index is 0.000000436. The number of rotatable bonds is 4. The van der Waals surface area contributed by atoms with Crippen molar-refractivity contribution in [3.8, 4) is 0 Å². The molecule has 0 saturated heterocycles. The Morgan fingerprint density at radius 3 is 1.52 bits per heavy atom. The Bertz CT molecular complexity index is 551. The maximum absolute atomic E-state index is 9.79. The molecular weight excluding hydrogens is 314 g/mol. The van der Waals surface area contributed by atoms with Crippen molar-refractivity contribution in [2.45, 2.75) is 13.3 Å². The molecule has 0 spiro atoms. The summed E-state index contributed by atoms with van der Waals surface area (Å²) in [6.07, 6.45) is 0.471. The van der Waals surface area contributed by atoms with Crippen molar-refractivity contribution in [2.24, 2.45) is 0 Å². The van der Waals surface area contributed by atoms with Crippen molar-refractivity contribution in [3.63, 3.8) is 0 Å². The van der Waals surface area contributed by atoms with Crippen LogP contribution in [0.15, 0.2) is 60.7 Å². The molecule has 0 bridgehead atoms. The second-order valence-corrected chi connectivity index (χ2v) is 7.12. The smallest absolute Gasteiger partial charge is 0.0226 e. The van der Waals surface area contributed by atoms with Crippen molar-refractivity contribution in [3.05, 3.63) is 60.7 Å². The zero-order valence-electron chi connectivity index (χ0n) is 11.4. The molecule has 0 aliphatic rings. The molecule has 2 rings (SSSR count). The fourth-order valence-electron chi connectivity index (χ4n) is 1.47. The van der Waals surface area contributed by atoms with Gasteiger partial charge in [0.25, 0.3) is 10.1 Å². The molecule has 21 heavy (non-hydrogen) atoms. The summed E-state index contributed by atoms with van der Waals surface area (Å²) in [6, 6.07) is 21.2. The quantitative estimate of drug-likeness (QED) is 0.528. The Morgan fingerprint density at radius 1 is 0.905 bits per heavy atom. The molecule has 0 aliphatic carbocycles. The zero-order valence-corrected chi connectivity index (χ0v) is 13.2. The SMILES string of the molecule is CCCS(=O)(=O)O.[NaH].c1ccc(Pc2ccccc2)cc1. The third-order valence-electron chi connectivity index (χ3n) is 2.30. The summed E-state index contributed by atoms with van der Waals surface area (Å²) >= 11 is 0. The van der Waals surface area contributed by atoms with Crippen LogP contribution in [0.1, 0.15) is 13.3 Å². The molecule has 0 atom stereocenters. The van der Waals surface area contributed by atoms with E-state index in [-0.39, 0.29) is 35.3 Å². The van der Waals surface area contributed by atoms with E-state index in [4.69, 9.17) is 4.55 Å². The first-order valence-electron chi connectivity index (χ1n) is 6.33. The molecule has 6 heteroatoms. The van der Waals surface area contributed by atoms with Crippen LogP contribution in [-0.4, -0.2) is 48.3 Å². The van der Waals surface area contributed by atoms with Crippen LogP contribution in [0.4, 0.5) is 0 Å². The third-order valence-corrected chi connectivity index (χ3v) is 4.47. The summed E-state index contributed by atoms with van der Waals surface area (Å²) in [5.41, 5.74) is 0. The van der Waals surface area contributed by atoms with Crippen LogP contribution in [0.3, 0.4) is 0 Å². The minimum absolute atomic E-state index is 0. The van der Waals surface area contributed by atoms with E-state index in [0.29, 0.717) is 6.42 Å². The summed E-state index contributed by atoms with van der Waals surface area (Å²) in [4.78, 5) is 0. The van der Waals surface area contributed by atoms with Gasteiger partial charge in [-0.25, -0.2) is 0 Å². The summed E-state index contributed by atoms with van der Waals surface area (Å²) in [6.45, 7) is 1.69. The Morgan fingerprint density at radius 2 is 1.29 bits per heavy atom. The van der Waals surface area contributed by atoms with Gasteiger partial charge >= 0.3 is 29.6 Å². The summed E-state index contributed by atoms with van der Waals surface area (Å²) in [5.74, 6) is -0.132. The van der Waals surface area contributed by atoms with E-state index in [2.05, 4.69) is 60.7 Å². The fourth-order valence-corrected chi connectivity index (χ4v) is 3.04. The van der Waals surface area contributed by atoms with Crippen LogP contribution in [0.5, 0.6) is 0 Å². The van der Waals surface area contributed by atoms with Crippen molar-refractivity contribution in [1.82, 2.24) is 0 Å². The van der Waals surface area contributed by atoms with Crippen molar-refractivity contribution < 1.29 is 13.0 Å². The molecule has 0 aromatic heterocycles. The van der Waals surface area contributed by atoms with E-state index in [1.165, 1.54) is 10.6 Å². The standard InChI is InChI=1S/C12H11P.C3H8O3S.Na.H/c1-3-7-11(8-4-1)13-12-9-5-2-6-10-12;1-2-3-7(4,5)6;;/h1-10,13H;2-3H2,1H3,(H,4,5,6);;. The molecule has 0 fully saturated rings. The minimum atomic E-state index is -3.67. The molecule has 0 aliphatic heterocycles. The molecule has 0 saturated carbocycles. The number of hydrogen-bond donors (Lipinski definition) is 1. The summed E-state index contributed by atoms with van der Waals surface area (Å²) < 4.78 is 27.6. The van der Waals surface area contributed by atoms with Crippen LogP contribution in [0, 0.1) is 0 Å². The van der Waals surface area contributed by atoms with E-state index in [0.717, 1.165) is 8.58 Å². The van der Waals surface area contributed by atoms with Crippen molar-refractivity contribution in [1.29, 1.82) is 0 Å². The summed E-state index contributed by atoms with van der Waals surface area (Å²) in [5, 5.41) is 2.79. The first-order valence-corrected chi connectivity index (χ1v) is 8.94. The van der Waals surface area contributed by atoms with Crippen LogP contribution in [0.25, 0.3) is 0 Å². The zero-order chi connectivity index (χ0) is 14.8. The second kappa shape index (κ2) is 11.4. The van der Waals surface area contributed by atoms with Crippen molar-refractivity contribution >= 4 is 58.9 Å². The molecule has 0 heterocycles. The van der Waals surface area contributed by atoms with Crippen LogP contribution in [0.2, 0.25) is 0 Å². The van der Waals surface area contributed by atoms with E-state index < -0.39 is 10.1 Å². The average molecular weight is 334 g/mol. The van der Waals surface area contributed by atoms with E-state index in [1.807, 2.05) is 0 Å². The second-order valence-electron chi connectivity index (χ2n) is 4.14. The summed E-state index contributed by atoms with van der Waals surface area (Å²) in [7, 11) is -2.90. The molecular formula is C15H20NaO3PS. The third kappa shape index (κ3) is 11.1. The van der Waals surface area contributed by atoms with Gasteiger partial charge in [-0.3, -0.25) is 4.55 Å². The predicted octanol–water partition coefficient (Wildman–Crippen LogP) is 1.95. The van der Waals surface area contributed by atoms with Gasteiger partial charge in [0, 0.05) is 0 Å². The monoisotopic (exact) mass is 334 g/mol. The average Bonchev–Trinajstić information content (AvgIpc) is 2.40. The van der Waals surface area contributed by atoms with Gasteiger partial charge in [-0.15, -0.1) is 0 Å². The van der Waals surface area contributed by atoms with Crippen LogP contribution >= 0.6 is 8.58 Å². The van der Waals surface area contributed by atoms with Gasteiger partial charge in [-0.05, 0) is 17.0 Å². The Hall–Kier alpha value is -0.220. The van der Waals surface area contributed by atoms with Gasteiger partial charge in [0.2, 0.25) is 0 Å². The number of hydrogen-bond acceptors (Lipinski definition) is 2. The first-order chi connectivity index (χ1) is 9.51. The van der Waals surface area contributed by atoms with Gasteiger partial charge in [0.1, 0.15) is 0 Å². The molecule has 2 aromatic carbocycles. The maximum atomic E-state index is 9.79. The normalized spacial score (nSPS) is 10.0. The van der Waals surface area contributed by atoms with Gasteiger partial charge in [0.05, 0.1) is 5.75 Å². The first kappa shape index (κ1) is 20.8. The maximum Gasteiger partial charge on any atom is -0.0226 e. The van der Waals surface area contributed by atoms with Crippen molar-refractivity contribution in [2.75, 3.05) is 5.75 Å². The molecule has 0 unspecified atom stereocenters.